The largest absolute Gasteiger partial charge is 0.310 e. The maximum Gasteiger partial charge on any atom is 0.194 e. The van der Waals surface area contributed by atoms with Gasteiger partial charge in [0.1, 0.15) is 0 Å². The van der Waals surface area contributed by atoms with E-state index in [-0.39, 0.29) is 5.43 Å². The molecule has 3 nitrogen and oxygen atoms in total. The van der Waals surface area contributed by atoms with Crippen LogP contribution in [0.3, 0.4) is 0 Å². The van der Waals surface area contributed by atoms with Crippen LogP contribution >= 0.6 is 0 Å². The number of nitrogens with zero attached hydrogens (tertiary/aromatic N) is 2. The summed E-state index contributed by atoms with van der Waals surface area (Å²) >= 11 is 0. The van der Waals surface area contributed by atoms with Crippen molar-refractivity contribution in [2.75, 3.05) is 9.80 Å². The first-order valence-electron chi connectivity index (χ1n) is 22.4. The van der Waals surface area contributed by atoms with Crippen molar-refractivity contribution < 1.29 is 0 Å². The van der Waals surface area contributed by atoms with E-state index in [2.05, 4.69) is 240 Å². The Balaban J connectivity index is 1.05. The molecule has 0 N–H and O–H groups in total. The molecule has 0 aliphatic carbocycles. The van der Waals surface area contributed by atoms with Crippen LogP contribution in [0.4, 0.5) is 34.1 Å². The Labute approximate surface area is 385 Å². The van der Waals surface area contributed by atoms with E-state index in [1.54, 1.807) is 0 Å². The zero-order valence-electron chi connectivity index (χ0n) is 36.2. The molecule has 11 aromatic rings. The Kier molecular flexibility index (Phi) is 10.8. The van der Waals surface area contributed by atoms with Crippen molar-refractivity contribution in [1.82, 2.24) is 0 Å². The molecule has 0 atom stereocenters. The van der Waals surface area contributed by atoms with Gasteiger partial charge < -0.3 is 9.80 Å². The summed E-state index contributed by atoms with van der Waals surface area (Å²) in [5.41, 5.74) is 14.8. The minimum absolute atomic E-state index is 0.00289. The van der Waals surface area contributed by atoms with E-state index in [1.807, 2.05) is 36.4 Å². The lowest BCUT2D eigenvalue weighted by molar-refractivity contribution is 1.28. The lowest BCUT2D eigenvalue weighted by Gasteiger charge is -2.26. The summed E-state index contributed by atoms with van der Waals surface area (Å²) in [6.45, 7) is 0. The molecule has 0 heterocycles. The molecule has 312 valence electrons. The van der Waals surface area contributed by atoms with E-state index in [0.29, 0.717) is 10.8 Å². The molecule has 0 amide bonds. The normalized spacial score (nSPS) is 11.1. The van der Waals surface area contributed by atoms with E-state index in [4.69, 9.17) is 0 Å². The van der Waals surface area contributed by atoms with Gasteiger partial charge in [0.25, 0.3) is 0 Å². The van der Waals surface area contributed by atoms with E-state index < -0.39 is 0 Å². The fourth-order valence-electron chi connectivity index (χ4n) is 9.22. The van der Waals surface area contributed by atoms with Gasteiger partial charge in [-0.3, -0.25) is 4.79 Å². The number of rotatable bonds is 10. The van der Waals surface area contributed by atoms with Gasteiger partial charge in [0.05, 0.1) is 0 Å². The standard InChI is InChI=1S/C63H44N2O/c66-63-61-41-49(57-39-37-55(43-59(57)45-19-7-1-8-20-45)64(51-23-11-3-12-24-51)52-25-13-4-14-26-52)35-33-47(61)31-32-48-34-36-50(42-62(48)63)58-40-38-56(44-60(58)46-21-9-2-10-22-46)65(53-27-15-5-16-28-53)54-29-17-6-18-30-54/h1-44H. The number of anilines is 6. The van der Waals surface area contributed by atoms with Crippen molar-refractivity contribution in [3.05, 3.63) is 277 Å². The van der Waals surface area contributed by atoms with Gasteiger partial charge in [-0.2, -0.15) is 0 Å². The lowest BCUT2D eigenvalue weighted by Crippen LogP contribution is -2.10. The molecule has 0 unspecified atom stereocenters. The van der Waals surface area contributed by atoms with Gasteiger partial charge in [-0.25, -0.2) is 0 Å². The molecule has 3 heteroatoms. The zero-order chi connectivity index (χ0) is 44.2. The Morgan fingerprint density at radius 1 is 0.227 bits per heavy atom. The molecule has 0 bridgehead atoms. The van der Waals surface area contributed by atoms with E-state index >= 15 is 4.79 Å². The topological polar surface area (TPSA) is 23.6 Å². The van der Waals surface area contributed by atoms with Crippen LogP contribution in [0.15, 0.2) is 272 Å². The average molecular weight is 845 g/mol. The first-order valence-corrected chi connectivity index (χ1v) is 22.4. The van der Waals surface area contributed by atoms with Crippen molar-refractivity contribution in [2.24, 2.45) is 0 Å². The maximum atomic E-state index is 15.1. The lowest BCUT2D eigenvalue weighted by atomic mass is 9.92. The van der Waals surface area contributed by atoms with Gasteiger partial charge in [-0.15, -0.1) is 0 Å². The van der Waals surface area contributed by atoms with Crippen LogP contribution in [0.5, 0.6) is 0 Å². The van der Waals surface area contributed by atoms with Gasteiger partial charge >= 0.3 is 0 Å². The van der Waals surface area contributed by atoms with Crippen LogP contribution in [0.2, 0.25) is 0 Å². The Morgan fingerprint density at radius 2 is 0.530 bits per heavy atom. The fourth-order valence-corrected chi connectivity index (χ4v) is 9.22. The third-order valence-corrected chi connectivity index (χ3v) is 12.4. The van der Waals surface area contributed by atoms with Crippen molar-refractivity contribution in [3.63, 3.8) is 0 Å². The second kappa shape index (κ2) is 17.8. The van der Waals surface area contributed by atoms with Crippen LogP contribution in [0.1, 0.15) is 0 Å². The number of para-hydroxylation sites is 4. The molecule has 0 aliphatic heterocycles. The number of hydrogen-bond donors (Lipinski definition) is 0. The molecule has 66 heavy (non-hydrogen) atoms. The Morgan fingerprint density at radius 3 is 0.864 bits per heavy atom. The van der Waals surface area contributed by atoms with Crippen LogP contribution in [0, 0.1) is 0 Å². The van der Waals surface area contributed by atoms with Gasteiger partial charge in [0.15, 0.2) is 5.43 Å². The third-order valence-electron chi connectivity index (χ3n) is 12.4. The predicted molar refractivity (Wildman–Crippen MR) is 279 cm³/mol. The Bertz CT molecular complexity index is 3210. The molecule has 0 fully saturated rings. The molecule has 0 radical (unpaired) electrons. The second-order valence-corrected chi connectivity index (χ2v) is 16.5. The molecule has 0 aromatic heterocycles. The van der Waals surface area contributed by atoms with E-state index in [1.165, 1.54) is 0 Å². The molecule has 11 rings (SSSR count). The minimum Gasteiger partial charge on any atom is -0.310 e. The fraction of sp³-hybridized carbons (Fsp3) is 0. The SMILES string of the molecule is O=c1c2cc(-c3ccc(N(c4ccccc4)c4ccccc4)cc3-c3ccccc3)ccc2ccc2ccc(-c3ccc(N(c4ccccc4)c4ccccc4)cc3-c3ccccc3)cc12. The van der Waals surface area contributed by atoms with Crippen molar-refractivity contribution in [1.29, 1.82) is 0 Å². The number of fused-ring (bicyclic) bond motifs is 2. The maximum absolute atomic E-state index is 15.1. The highest BCUT2D eigenvalue weighted by Gasteiger charge is 2.19. The summed E-state index contributed by atoms with van der Waals surface area (Å²) in [4.78, 5) is 19.6. The molecule has 11 aromatic carbocycles. The highest BCUT2D eigenvalue weighted by molar-refractivity contribution is 6.00. The summed E-state index contributed by atoms with van der Waals surface area (Å²) in [7, 11) is 0. The average Bonchev–Trinajstić information content (AvgIpc) is 3.53. The monoisotopic (exact) mass is 844 g/mol. The summed E-state index contributed by atoms with van der Waals surface area (Å²) in [5.74, 6) is 0. The third kappa shape index (κ3) is 7.80. The summed E-state index contributed by atoms with van der Waals surface area (Å²) < 4.78 is 0. The van der Waals surface area contributed by atoms with E-state index in [9.17, 15) is 0 Å². The summed E-state index contributed by atoms with van der Waals surface area (Å²) in [6, 6.07) is 93.1. The van der Waals surface area contributed by atoms with Crippen LogP contribution in [0.25, 0.3) is 66.1 Å². The van der Waals surface area contributed by atoms with Crippen LogP contribution in [-0.2, 0) is 0 Å². The molecule has 0 saturated heterocycles. The van der Waals surface area contributed by atoms with Gasteiger partial charge in [-0.05, 0) is 140 Å². The second-order valence-electron chi connectivity index (χ2n) is 16.5. The molecule has 0 aliphatic rings. The first-order chi connectivity index (χ1) is 32.7. The minimum atomic E-state index is 0.00289. The van der Waals surface area contributed by atoms with Gasteiger partial charge in [0, 0.05) is 44.9 Å². The Hall–Kier alpha value is -8.79. The van der Waals surface area contributed by atoms with E-state index in [0.717, 1.165) is 89.4 Å². The van der Waals surface area contributed by atoms with Crippen LogP contribution < -0.4 is 15.2 Å². The zero-order valence-corrected chi connectivity index (χ0v) is 36.2. The molecular formula is C63H44N2O. The smallest absolute Gasteiger partial charge is 0.194 e. The first kappa shape index (κ1) is 40.0. The summed E-state index contributed by atoms with van der Waals surface area (Å²) in [6.07, 6.45) is 0. The van der Waals surface area contributed by atoms with Crippen LogP contribution in [-0.4, -0.2) is 0 Å². The molecule has 0 spiro atoms. The van der Waals surface area contributed by atoms with Gasteiger partial charge in [-0.1, -0.05) is 182 Å². The molecule has 0 saturated carbocycles. The quantitative estimate of drug-likeness (QED) is 0.137. The predicted octanol–water partition coefficient (Wildman–Crippen LogP) is 17.0. The van der Waals surface area contributed by atoms with Crippen molar-refractivity contribution in [2.45, 2.75) is 0 Å². The van der Waals surface area contributed by atoms with Crippen molar-refractivity contribution >= 4 is 55.7 Å². The van der Waals surface area contributed by atoms with Crippen molar-refractivity contribution in [3.8, 4) is 44.5 Å². The van der Waals surface area contributed by atoms with Gasteiger partial charge in [0.2, 0.25) is 0 Å². The molecular weight excluding hydrogens is 801 g/mol. The highest BCUT2D eigenvalue weighted by atomic mass is 16.1. The highest BCUT2D eigenvalue weighted by Crippen LogP contribution is 2.43. The number of benzene rings is 10. The summed E-state index contributed by atoms with van der Waals surface area (Å²) in [5, 5.41) is 3.15. The number of hydrogen-bond acceptors (Lipinski definition) is 3.